The summed E-state index contributed by atoms with van der Waals surface area (Å²) in [6, 6.07) is 7.96. The molecule has 4 nitrogen and oxygen atoms in total. The number of nitrogens with one attached hydrogen (secondary N) is 1. The second-order valence-corrected chi connectivity index (χ2v) is 5.32. The lowest BCUT2D eigenvalue weighted by atomic mass is 10.0. The van der Waals surface area contributed by atoms with Gasteiger partial charge in [-0.3, -0.25) is 14.9 Å². The molecule has 0 aromatic heterocycles. The average molecular weight is 290 g/mol. The molecule has 2 rings (SSSR count). The smallest absolute Gasteiger partial charge is 0.249 e. The fraction of sp³-hybridized carbons (Fsp3) is 0.529. The van der Waals surface area contributed by atoms with E-state index in [0.717, 1.165) is 5.69 Å². The van der Waals surface area contributed by atoms with E-state index in [4.69, 9.17) is 0 Å². The number of amides is 2. The van der Waals surface area contributed by atoms with Crippen LogP contribution in [0.5, 0.6) is 0 Å². The zero-order chi connectivity index (χ0) is 16.0. The molecule has 0 saturated carbocycles. The Morgan fingerprint density at radius 3 is 2.19 bits per heavy atom. The highest BCUT2D eigenvalue weighted by Gasteiger charge is 2.29. The van der Waals surface area contributed by atoms with Gasteiger partial charge in [0.15, 0.2) is 0 Å². The van der Waals surface area contributed by atoms with Gasteiger partial charge < -0.3 is 4.90 Å². The number of benzene rings is 1. The van der Waals surface area contributed by atoms with Crippen LogP contribution in [-0.4, -0.2) is 24.9 Å². The summed E-state index contributed by atoms with van der Waals surface area (Å²) in [5.74, 6) is 0.117. The predicted molar refractivity (Wildman–Crippen MR) is 86.5 cm³/mol. The van der Waals surface area contributed by atoms with Crippen molar-refractivity contribution in [3.05, 3.63) is 29.8 Å². The first-order valence-electron chi connectivity index (χ1n) is 7.65. The molecule has 1 fully saturated rings. The molecule has 1 unspecified atom stereocenters. The Morgan fingerprint density at radius 1 is 1.14 bits per heavy atom. The zero-order valence-corrected chi connectivity index (χ0v) is 13.6. The number of hydrogen-bond donors (Lipinski definition) is 1. The summed E-state index contributed by atoms with van der Waals surface area (Å²) in [5.41, 5.74) is 2.28. The van der Waals surface area contributed by atoms with Crippen LogP contribution in [0.3, 0.4) is 0 Å². The molecule has 4 heteroatoms. The Balaban J connectivity index is 0.00000106. The number of imide groups is 1. The lowest BCUT2D eigenvalue weighted by Crippen LogP contribution is -2.51. The van der Waals surface area contributed by atoms with E-state index in [2.05, 4.69) is 31.3 Å². The lowest BCUT2D eigenvalue weighted by molar-refractivity contribution is -0.134. The topological polar surface area (TPSA) is 49.4 Å². The van der Waals surface area contributed by atoms with E-state index in [1.165, 1.54) is 5.56 Å². The van der Waals surface area contributed by atoms with Crippen molar-refractivity contribution in [3.63, 3.8) is 0 Å². The number of nitrogens with zero attached hydrogens (tertiary/aromatic N) is 1. The maximum Gasteiger partial charge on any atom is 0.249 e. The first kappa shape index (κ1) is 17.2. The first-order chi connectivity index (χ1) is 9.99. The molecule has 0 aliphatic carbocycles. The van der Waals surface area contributed by atoms with Crippen molar-refractivity contribution in [2.24, 2.45) is 0 Å². The second-order valence-electron chi connectivity index (χ2n) is 5.32. The molecule has 1 aliphatic rings. The molecule has 1 N–H and O–H groups in total. The van der Waals surface area contributed by atoms with E-state index in [1.807, 2.05) is 37.9 Å². The van der Waals surface area contributed by atoms with E-state index in [0.29, 0.717) is 18.8 Å². The lowest BCUT2D eigenvalue weighted by Gasteiger charge is -2.31. The summed E-state index contributed by atoms with van der Waals surface area (Å²) >= 11 is 0. The second kappa shape index (κ2) is 7.81. The monoisotopic (exact) mass is 290 g/mol. The molecular weight excluding hydrogens is 264 g/mol. The van der Waals surface area contributed by atoms with Gasteiger partial charge in [0, 0.05) is 19.2 Å². The molecule has 0 spiro atoms. The van der Waals surface area contributed by atoms with Gasteiger partial charge >= 0.3 is 0 Å². The van der Waals surface area contributed by atoms with Crippen molar-refractivity contribution in [1.29, 1.82) is 0 Å². The van der Waals surface area contributed by atoms with Crippen molar-refractivity contribution in [2.75, 3.05) is 11.9 Å². The van der Waals surface area contributed by atoms with E-state index >= 15 is 0 Å². The third kappa shape index (κ3) is 4.31. The Kier molecular flexibility index (Phi) is 6.40. The van der Waals surface area contributed by atoms with Crippen molar-refractivity contribution >= 4 is 17.5 Å². The largest absolute Gasteiger partial charge is 0.363 e. The first-order valence-corrected chi connectivity index (χ1v) is 7.65. The van der Waals surface area contributed by atoms with Gasteiger partial charge in [-0.1, -0.05) is 39.8 Å². The van der Waals surface area contributed by atoms with Gasteiger partial charge in [0.1, 0.15) is 6.04 Å². The number of carbonyl (C=O) groups is 2. The third-order valence-corrected chi connectivity index (χ3v) is 3.64. The van der Waals surface area contributed by atoms with Gasteiger partial charge in [-0.2, -0.15) is 0 Å². The molecule has 1 atom stereocenters. The van der Waals surface area contributed by atoms with E-state index in [9.17, 15) is 9.59 Å². The number of anilines is 1. The van der Waals surface area contributed by atoms with Crippen LogP contribution in [0.25, 0.3) is 0 Å². The van der Waals surface area contributed by atoms with Gasteiger partial charge in [-0.15, -0.1) is 0 Å². The summed E-state index contributed by atoms with van der Waals surface area (Å²) in [6.45, 7) is 8.30. The Hall–Kier alpha value is -1.84. The quantitative estimate of drug-likeness (QED) is 0.870. The van der Waals surface area contributed by atoms with E-state index in [1.54, 1.807) is 0 Å². The maximum absolute atomic E-state index is 11.8. The van der Waals surface area contributed by atoms with Crippen LogP contribution in [0.4, 0.5) is 5.69 Å². The van der Waals surface area contributed by atoms with Crippen molar-refractivity contribution in [1.82, 2.24) is 5.32 Å². The minimum Gasteiger partial charge on any atom is -0.363 e. The molecule has 21 heavy (non-hydrogen) atoms. The van der Waals surface area contributed by atoms with Gasteiger partial charge in [0.2, 0.25) is 11.8 Å². The van der Waals surface area contributed by atoms with Crippen molar-refractivity contribution < 1.29 is 9.59 Å². The summed E-state index contributed by atoms with van der Waals surface area (Å²) in [4.78, 5) is 24.9. The Bertz CT molecular complexity index is 480. The molecule has 116 valence electrons. The highest BCUT2D eigenvalue weighted by atomic mass is 16.2. The van der Waals surface area contributed by atoms with Crippen LogP contribution in [-0.2, 0) is 9.59 Å². The molecule has 1 saturated heterocycles. The van der Waals surface area contributed by atoms with Crippen LogP contribution < -0.4 is 10.2 Å². The summed E-state index contributed by atoms with van der Waals surface area (Å²) in [5, 5.41) is 2.39. The van der Waals surface area contributed by atoms with Crippen LogP contribution in [0.1, 0.15) is 52.0 Å². The average Bonchev–Trinajstić information content (AvgIpc) is 2.49. The summed E-state index contributed by atoms with van der Waals surface area (Å²) in [7, 11) is 1.89. The molecule has 0 bridgehead atoms. The molecular formula is C17H26N2O2. The van der Waals surface area contributed by atoms with Crippen LogP contribution >= 0.6 is 0 Å². The Morgan fingerprint density at radius 2 is 1.71 bits per heavy atom. The predicted octanol–water partition coefficient (Wildman–Crippen LogP) is 3.08. The molecule has 2 amide bonds. The normalized spacial score (nSPS) is 17.9. The van der Waals surface area contributed by atoms with Crippen LogP contribution in [0.15, 0.2) is 24.3 Å². The fourth-order valence-corrected chi connectivity index (χ4v) is 2.33. The Labute approximate surface area is 127 Å². The van der Waals surface area contributed by atoms with Crippen molar-refractivity contribution in [2.45, 2.75) is 52.5 Å². The van der Waals surface area contributed by atoms with Crippen LogP contribution in [0, 0.1) is 0 Å². The van der Waals surface area contributed by atoms with Gasteiger partial charge in [0.25, 0.3) is 0 Å². The maximum atomic E-state index is 11.8. The van der Waals surface area contributed by atoms with Crippen molar-refractivity contribution in [3.8, 4) is 0 Å². The van der Waals surface area contributed by atoms with Gasteiger partial charge in [-0.25, -0.2) is 0 Å². The number of likely N-dealkylation sites (N-methyl/N-ethyl adjacent to an activating group) is 1. The molecule has 1 heterocycles. The highest BCUT2D eigenvalue weighted by molar-refractivity contribution is 6.01. The third-order valence-electron chi connectivity index (χ3n) is 3.64. The molecule has 1 aliphatic heterocycles. The standard InChI is InChI=1S/C15H20N2O2.C2H6/c1-10(2)11-4-6-12(7-5-11)17(3)13-8-9-14(18)16-15(13)19;1-2/h4-7,10,13H,8-9H2,1-3H3,(H,16,18,19);1-2H3. The minimum absolute atomic E-state index is 0.176. The number of carbonyl (C=O) groups excluding carboxylic acids is 2. The zero-order valence-electron chi connectivity index (χ0n) is 13.6. The van der Waals surface area contributed by atoms with E-state index in [-0.39, 0.29) is 17.9 Å². The van der Waals surface area contributed by atoms with Gasteiger partial charge in [0.05, 0.1) is 0 Å². The summed E-state index contributed by atoms with van der Waals surface area (Å²) < 4.78 is 0. The SMILES string of the molecule is CC.CC(C)c1ccc(N(C)C2CCC(=O)NC2=O)cc1. The number of hydrogen-bond acceptors (Lipinski definition) is 3. The van der Waals surface area contributed by atoms with Gasteiger partial charge in [-0.05, 0) is 30.0 Å². The van der Waals surface area contributed by atoms with E-state index < -0.39 is 0 Å². The summed E-state index contributed by atoms with van der Waals surface area (Å²) in [6.07, 6.45) is 0.984. The minimum atomic E-state index is -0.261. The van der Waals surface area contributed by atoms with Crippen LogP contribution in [0.2, 0.25) is 0 Å². The fourth-order valence-electron chi connectivity index (χ4n) is 2.33. The molecule has 1 aromatic carbocycles. The molecule has 1 aromatic rings. The highest BCUT2D eigenvalue weighted by Crippen LogP contribution is 2.22. The number of piperidine rings is 1. The molecule has 0 radical (unpaired) electrons. The number of rotatable bonds is 3.